The van der Waals surface area contributed by atoms with Crippen molar-refractivity contribution in [1.82, 2.24) is 9.88 Å². The summed E-state index contributed by atoms with van der Waals surface area (Å²) in [5.74, 6) is 1.08. The molecule has 0 spiro atoms. The van der Waals surface area contributed by atoms with Crippen LogP contribution < -0.4 is 5.32 Å². The minimum Gasteiger partial charge on any atom is -0.373 e. The van der Waals surface area contributed by atoms with Crippen LogP contribution in [0, 0.1) is 6.92 Å². The van der Waals surface area contributed by atoms with Gasteiger partial charge in [-0.3, -0.25) is 4.79 Å². The van der Waals surface area contributed by atoms with Gasteiger partial charge in [-0.05, 0) is 49.6 Å². The molecule has 2 aromatic rings. The second kappa shape index (κ2) is 6.48. The Morgan fingerprint density at radius 1 is 1.45 bits per heavy atom. The number of pyridine rings is 1. The van der Waals surface area contributed by atoms with Crippen LogP contribution in [0.25, 0.3) is 0 Å². The van der Waals surface area contributed by atoms with E-state index in [2.05, 4.69) is 29.4 Å². The Kier molecular flexibility index (Phi) is 4.43. The molecule has 2 aromatic heterocycles. The Morgan fingerprint density at radius 2 is 2.32 bits per heavy atom. The van der Waals surface area contributed by atoms with Crippen LogP contribution in [0.1, 0.15) is 34.2 Å². The first-order valence-electron chi connectivity index (χ1n) is 7.66. The van der Waals surface area contributed by atoms with Crippen molar-refractivity contribution in [3.05, 3.63) is 45.8 Å². The van der Waals surface area contributed by atoms with Crippen molar-refractivity contribution < 1.29 is 4.79 Å². The molecule has 1 saturated heterocycles. The molecule has 0 aliphatic carbocycles. The van der Waals surface area contributed by atoms with E-state index in [0.717, 1.165) is 30.1 Å². The molecule has 0 aromatic carbocycles. The molecule has 116 valence electrons. The molecule has 0 bridgehead atoms. The highest BCUT2D eigenvalue weighted by Crippen LogP contribution is 2.33. The highest BCUT2D eigenvalue weighted by molar-refractivity contribution is 7.12. The molecule has 1 aliphatic rings. The summed E-state index contributed by atoms with van der Waals surface area (Å²) < 4.78 is 0. The number of amides is 1. The van der Waals surface area contributed by atoms with E-state index < -0.39 is 0 Å². The molecule has 1 N–H and O–H groups in total. The van der Waals surface area contributed by atoms with Crippen molar-refractivity contribution in [2.75, 3.05) is 18.9 Å². The second-order valence-corrected chi connectivity index (χ2v) is 7.03. The second-order valence-electron chi connectivity index (χ2n) is 5.66. The standard InChI is InChI=1S/C17H21N3OS/c1-12-5-6-14(22-12)11-17(21)20-9-3-4-15(20)13-7-8-19-16(10-13)18-2/h5-8,10,15H,3-4,9,11H2,1-2H3,(H,18,19)/t15-/m0/s1. The molecule has 1 amide bonds. The SMILES string of the molecule is CNc1cc([C@@H]2CCCN2C(=O)Cc2ccc(C)s2)ccn1. The third-order valence-electron chi connectivity index (χ3n) is 4.12. The van der Waals surface area contributed by atoms with Gasteiger partial charge >= 0.3 is 0 Å². The zero-order valence-electron chi connectivity index (χ0n) is 13.0. The molecular formula is C17H21N3OS. The molecule has 1 atom stereocenters. The van der Waals surface area contributed by atoms with Gasteiger partial charge in [-0.1, -0.05) is 0 Å². The van der Waals surface area contributed by atoms with E-state index in [4.69, 9.17) is 0 Å². The number of nitrogens with zero attached hydrogens (tertiary/aromatic N) is 2. The number of anilines is 1. The highest BCUT2D eigenvalue weighted by atomic mass is 32.1. The summed E-state index contributed by atoms with van der Waals surface area (Å²) in [6.45, 7) is 2.93. The van der Waals surface area contributed by atoms with E-state index in [-0.39, 0.29) is 11.9 Å². The first kappa shape index (κ1) is 15.0. The molecule has 4 nitrogen and oxygen atoms in total. The zero-order valence-corrected chi connectivity index (χ0v) is 13.8. The molecule has 0 radical (unpaired) electrons. The molecule has 1 fully saturated rings. The number of carbonyl (C=O) groups is 1. The van der Waals surface area contributed by atoms with Gasteiger partial charge in [0.15, 0.2) is 0 Å². The van der Waals surface area contributed by atoms with Crippen molar-refractivity contribution in [2.45, 2.75) is 32.2 Å². The Morgan fingerprint density at radius 3 is 3.05 bits per heavy atom. The molecule has 0 saturated carbocycles. The quantitative estimate of drug-likeness (QED) is 0.940. The Balaban J connectivity index is 1.75. The number of rotatable bonds is 4. The lowest BCUT2D eigenvalue weighted by atomic mass is 10.1. The number of carbonyl (C=O) groups excluding carboxylic acids is 1. The lowest BCUT2D eigenvalue weighted by molar-refractivity contribution is -0.131. The van der Waals surface area contributed by atoms with Gasteiger partial charge in [0, 0.05) is 29.5 Å². The van der Waals surface area contributed by atoms with Gasteiger partial charge in [-0.15, -0.1) is 11.3 Å². The van der Waals surface area contributed by atoms with E-state index in [1.807, 2.05) is 30.3 Å². The fourth-order valence-corrected chi connectivity index (χ4v) is 3.91. The van der Waals surface area contributed by atoms with Gasteiger partial charge in [0.1, 0.15) is 5.82 Å². The number of aromatic nitrogens is 1. The van der Waals surface area contributed by atoms with Crippen molar-refractivity contribution in [2.24, 2.45) is 0 Å². The summed E-state index contributed by atoms with van der Waals surface area (Å²) in [7, 11) is 1.86. The molecule has 1 aliphatic heterocycles. The molecule has 5 heteroatoms. The molecule has 22 heavy (non-hydrogen) atoms. The van der Waals surface area contributed by atoms with Crippen LogP contribution in [0.5, 0.6) is 0 Å². The maximum absolute atomic E-state index is 12.7. The minimum absolute atomic E-state index is 0.184. The molecule has 3 heterocycles. The Labute approximate surface area is 135 Å². The maximum Gasteiger partial charge on any atom is 0.228 e. The van der Waals surface area contributed by atoms with Gasteiger partial charge in [0.25, 0.3) is 0 Å². The summed E-state index contributed by atoms with van der Waals surface area (Å²) in [6, 6.07) is 8.40. The third-order valence-corrected chi connectivity index (χ3v) is 5.12. The number of nitrogens with one attached hydrogen (secondary N) is 1. The minimum atomic E-state index is 0.184. The average molecular weight is 315 g/mol. The number of aryl methyl sites for hydroxylation is 1. The van der Waals surface area contributed by atoms with Crippen LogP contribution in [0.2, 0.25) is 0 Å². The van der Waals surface area contributed by atoms with E-state index in [1.54, 1.807) is 11.3 Å². The van der Waals surface area contributed by atoms with Gasteiger partial charge in [-0.25, -0.2) is 4.98 Å². The van der Waals surface area contributed by atoms with Crippen molar-refractivity contribution >= 4 is 23.1 Å². The number of thiophene rings is 1. The average Bonchev–Trinajstić information content (AvgIpc) is 3.16. The smallest absolute Gasteiger partial charge is 0.228 e. The number of hydrogen-bond acceptors (Lipinski definition) is 4. The largest absolute Gasteiger partial charge is 0.373 e. The van der Waals surface area contributed by atoms with Crippen LogP contribution in [0.15, 0.2) is 30.5 Å². The lowest BCUT2D eigenvalue weighted by Gasteiger charge is -2.25. The van der Waals surface area contributed by atoms with E-state index >= 15 is 0 Å². The molecule has 0 unspecified atom stereocenters. The summed E-state index contributed by atoms with van der Waals surface area (Å²) in [6.07, 6.45) is 4.42. The zero-order chi connectivity index (χ0) is 15.5. The molecule has 3 rings (SSSR count). The monoisotopic (exact) mass is 315 g/mol. The maximum atomic E-state index is 12.7. The van der Waals surface area contributed by atoms with Gasteiger partial charge in [-0.2, -0.15) is 0 Å². The predicted molar refractivity (Wildman–Crippen MR) is 90.2 cm³/mol. The van der Waals surface area contributed by atoms with Gasteiger partial charge < -0.3 is 10.2 Å². The summed E-state index contributed by atoms with van der Waals surface area (Å²) >= 11 is 1.71. The van der Waals surface area contributed by atoms with Crippen LogP contribution in [-0.2, 0) is 11.2 Å². The number of hydrogen-bond donors (Lipinski definition) is 1. The first-order valence-corrected chi connectivity index (χ1v) is 8.47. The summed E-state index contributed by atoms with van der Waals surface area (Å²) in [5, 5.41) is 3.06. The fourth-order valence-electron chi connectivity index (χ4n) is 3.03. The van der Waals surface area contributed by atoms with Crippen LogP contribution in [0.4, 0.5) is 5.82 Å². The van der Waals surface area contributed by atoms with Gasteiger partial charge in [0.2, 0.25) is 5.91 Å². The predicted octanol–water partition coefficient (Wildman–Crippen LogP) is 3.40. The van der Waals surface area contributed by atoms with Crippen LogP contribution in [0.3, 0.4) is 0 Å². The summed E-state index contributed by atoms with van der Waals surface area (Å²) in [4.78, 5) is 21.4. The van der Waals surface area contributed by atoms with Crippen molar-refractivity contribution in [1.29, 1.82) is 0 Å². The van der Waals surface area contributed by atoms with Crippen LogP contribution >= 0.6 is 11.3 Å². The van der Waals surface area contributed by atoms with Crippen LogP contribution in [-0.4, -0.2) is 29.4 Å². The highest BCUT2D eigenvalue weighted by Gasteiger charge is 2.30. The normalized spacial score (nSPS) is 17.7. The summed E-state index contributed by atoms with van der Waals surface area (Å²) in [5.41, 5.74) is 1.17. The third kappa shape index (κ3) is 3.14. The van der Waals surface area contributed by atoms with E-state index in [0.29, 0.717) is 6.42 Å². The first-order chi connectivity index (χ1) is 10.7. The Hall–Kier alpha value is -1.88. The topological polar surface area (TPSA) is 45.2 Å². The number of likely N-dealkylation sites (tertiary alicyclic amines) is 1. The lowest BCUT2D eigenvalue weighted by Crippen LogP contribution is -2.31. The Bertz CT molecular complexity index is 667. The fraction of sp³-hybridized carbons (Fsp3) is 0.412. The molecular weight excluding hydrogens is 294 g/mol. The van der Waals surface area contributed by atoms with Crippen molar-refractivity contribution in [3.8, 4) is 0 Å². The van der Waals surface area contributed by atoms with E-state index in [1.165, 1.54) is 10.4 Å². The van der Waals surface area contributed by atoms with Gasteiger partial charge in [0.05, 0.1) is 12.5 Å². The van der Waals surface area contributed by atoms with E-state index in [9.17, 15) is 4.79 Å². The van der Waals surface area contributed by atoms with Crippen molar-refractivity contribution in [3.63, 3.8) is 0 Å².